The minimum atomic E-state index is -1.08. The van der Waals surface area contributed by atoms with Gasteiger partial charge in [-0.1, -0.05) is 0 Å². The average molecular weight is 628 g/mol. The van der Waals surface area contributed by atoms with E-state index in [1.54, 1.807) is 0 Å². The summed E-state index contributed by atoms with van der Waals surface area (Å²) in [5.74, 6) is -6.50. The van der Waals surface area contributed by atoms with E-state index in [4.69, 9.17) is 59.4 Å². The van der Waals surface area contributed by atoms with Crippen LogP contribution in [0, 0.1) is 31.1 Å². The van der Waals surface area contributed by atoms with Crippen molar-refractivity contribution in [2.24, 2.45) is 0 Å². The molecule has 0 aliphatic heterocycles. The maximum absolute atomic E-state index is 8.89. The first kappa shape index (κ1) is 56.3. The van der Waals surface area contributed by atoms with Gasteiger partial charge in [0.25, 0.3) is 0 Å². The van der Waals surface area contributed by atoms with E-state index < -0.39 is 35.8 Å². The first-order chi connectivity index (χ1) is 10.4. The third-order valence-electron chi connectivity index (χ3n) is 0. The van der Waals surface area contributed by atoms with E-state index in [1.807, 2.05) is 0 Å². The summed E-state index contributed by atoms with van der Waals surface area (Å²) in [7, 11) is 0. The van der Waals surface area contributed by atoms with Crippen molar-refractivity contribution in [3.05, 3.63) is 0 Å². The van der Waals surface area contributed by atoms with Gasteiger partial charge in [-0.25, -0.2) is 0 Å². The molecule has 15 heteroatoms. The number of carbonyl (C=O) groups excluding carboxylic acids is 6. The molecular formula is C12H22O14U-6. The Labute approximate surface area is 178 Å². The zero-order valence-corrected chi connectivity index (χ0v) is 19.6. The molecule has 14 nitrogen and oxygen atoms in total. The van der Waals surface area contributed by atoms with Gasteiger partial charge in [0.2, 0.25) is 0 Å². The van der Waals surface area contributed by atoms with Gasteiger partial charge in [-0.15, -0.1) is 0 Å². The molecule has 0 bridgehead atoms. The summed E-state index contributed by atoms with van der Waals surface area (Å²) in [5, 5.41) is 53.3. The largest absolute Gasteiger partial charge is 0.550 e. The Balaban J connectivity index is -0.0000000201. The van der Waals surface area contributed by atoms with Crippen molar-refractivity contribution in [1.82, 2.24) is 0 Å². The summed E-state index contributed by atoms with van der Waals surface area (Å²) >= 11 is 0. The molecule has 0 spiro atoms. The van der Waals surface area contributed by atoms with Crippen molar-refractivity contribution in [3.8, 4) is 0 Å². The molecule has 0 saturated carbocycles. The Bertz CT molecular complexity index is 263. The summed E-state index contributed by atoms with van der Waals surface area (Å²) in [6.45, 7) is 5.83. The summed E-state index contributed by atoms with van der Waals surface area (Å²) in [6.07, 6.45) is 0. The quantitative estimate of drug-likeness (QED) is 0.241. The number of carboxylic acids is 6. The van der Waals surface area contributed by atoms with Crippen LogP contribution in [0.1, 0.15) is 41.5 Å². The maximum Gasteiger partial charge on any atom is 0.0383 e. The van der Waals surface area contributed by atoms with E-state index in [9.17, 15) is 0 Å². The van der Waals surface area contributed by atoms with Crippen LogP contribution in [0.15, 0.2) is 0 Å². The van der Waals surface area contributed by atoms with Crippen LogP contribution in [0.2, 0.25) is 0 Å². The second-order valence-corrected chi connectivity index (χ2v) is 2.95. The minimum absolute atomic E-state index is 0. The first-order valence-electron chi connectivity index (χ1n) is 5.45. The number of carboxylic acid groups (broad SMARTS) is 6. The zero-order chi connectivity index (χ0) is 21.5. The molecule has 0 unspecified atom stereocenters. The zero-order valence-electron chi connectivity index (χ0n) is 15.4. The number of carbonyl (C=O) groups is 6. The van der Waals surface area contributed by atoms with Crippen LogP contribution in [0.25, 0.3) is 0 Å². The molecule has 0 fully saturated rings. The number of hydrogen-bond donors (Lipinski definition) is 0. The fourth-order valence-electron chi connectivity index (χ4n) is 0. The van der Waals surface area contributed by atoms with Crippen molar-refractivity contribution >= 4 is 35.8 Å². The molecule has 0 atom stereocenters. The molecule has 0 heterocycles. The van der Waals surface area contributed by atoms with E-state index >= 15 is 0 Å². The molecule has 164 valence electrons. The first-order valence-corrected chi connectivity index (χ1v) is 5.45. The molecule has 0 rings (SSSR count). The molecule has 27 heavy (non-hydrogen) atoms. The van der Waals surface area contributed by atoms with E-state index in [1.165, 1.54) is 0 Å². The smallest absolute Gasteiger partial charge is 0.0383 e. The molecule has 0 aliphatic carbocycles. The van der Waals surface area contributed by atoms with Crippen molar-refractivity contribution in [2.45, 2.75) is 41.5 Å². The van der Waals surface area contributed by atoms with Crippen LogP contribution in [-0.2, 0) is 28.8 Å². The number of aliphatic carboxylic acids is 6. The molecule has 4 N–H and O–H groups in total. The molecule has 0 saturated heterocycles. The van der Waals surface area contributed by atoms with Crippen LogP contribution in [0.4, 0.5) is 0 Å². The summed E-state index contributed by atoms with van der Waals surface area (Å²) in [6, 6.07) is 0. The minimum Gasteiger partial charge on any atom is -0.550 e. The van der Waals surface area contributed by atoms with Gasteiger partial charge in [-0.05, 0) is 41.5 Å². The SMILES string of the molecule is CC(=O)[O-].CC(=O)[O-].CC(=O)[O-].CC(=O)[O-].CC(=O)[O-].CC(=O)[O-].O.O.[U]. The van der Waals surface area contributed by atoms with Gasteiger partial charge in [0, 0.05) is 66.9 Å². The van der Waals surface area contributed by atoms with Crippen LogP contribution in [0.3, 0.4) is 0 Å². The maximum atomic E-state index is 8.89. The van der Waals surface area contributed by atoms with Crippen LogP contribution >= 0.6 is 0 Å². The van der Waals surface area contributed by atoms with Crippen LogP contribution in [0.5, 0.6) is 0 Å². The third-order valence-corrected chi connectivity index (χ3v) is 0. The van der Waals surface area contributed by atoms with Gasteiger partial charge in [-0.2, -0.15) is 0 Å². The third kappa shape index (κ3) is 2320. The molecule has 0 aliphatic rings. The van der Waals surface area contributed by atoms with Crippen LogP contribution < -0.4 is 30.6 Å². The van der Waals surface area contributed by atoms with Gasteiger partial charge < -0.3 is 70.4 Å². The average Bonchev–Trinajstić information content (AvgIpc) is 2.08. The topological polar surface area (TPSA) is 304 Å². The molecule has 0 aromatic carbocycles. The van der Waals surface area contributed by atoms with Gasteiger partial charge in [0.15, 0.2) is 0 Å². The van der Waals surface area contributed by atoms with E-state index in [0.29, 0.717) is 0 Å². The van der Waals surface area contributed by atoms with Gasteiger partial charge in [-0.3, -0.25) is 0 Å². The van der Waals surface area contributed by atoms with Gasteiger partial charge in [0.1, 0.15) is 0 Å². The van der Waals surface area contributed by atoms with Crippen molar-refractivity contribution < 1.29 is 101 Å². The van der Waals surface area contributed by atoms with E-state index in [0.717, 1.165) is 41.5 Å². The normalized spacial score (nSPS) is 5.56. The molecular weight excluding hydrogens is 606 g/mol. The Kier molecular flexibility index (Phi) is 103. The molecule has 0 amide bonds. The Morgan fingerprint density at radius 1 is 0.370 bits per heavy atom. The van der Waals surface area contributed by atoms with Gasteiger partial charge >= 0.3 is 0 Å². The molecule has 0 aromatic rings. The van der Waals surface area contributed by atoms with Crippen molar-refractivity contribution in [2.75, 3.05) is 0 Å². The Morgan fingerprint density at radius 2 is 0.370 bits per heavy atom. The second kappa shape index (κ2) is 49.6. The van der Waals surface area contributed by atoms with E-state index in [2.05, 4.69) is 0 Å². The Morgan fingerprint density at radius 3 is 0.370 bits per heavy atom. The molecule has 0 aromatic heterocycles. The second-order valence-electron chi connectivity index (χ2n) is 2.95. The summed E-state index contributed by atoms with van der Waals surface area (Å²) in [4.78, 5) is 53.3. The van der Waals surface area contributed by atoms with E-state index in [-0.39, 0.29) is 42.1 Å². The number of hydrogen-bond acceptors (Lipinski definition) is 12. The monoisotopic (exact) mass is 628 g/mol. The van der Waals surface area contributed by atoms with Gasteiger partial charge in [0.05, 0.1) is 0 Å². The fourth-order valence-corrected chi connectivity index (χ4v) is 0. The Hall–Kier alpha value is -2.21. The molecule has 0 radical (unpaired) electrons. The standard InChI is InChI=1S/6C2H4O2.2H2O.U/c6*1-2(3)4;;;/h6*1H3,(H,3,4);2*1H2;/p-6. The predicted molar refractivity (Wildman–Crippen MR) is 71.3 cm³/mol. The predicted octanol–water partition coefficient (Wildman–Crippen LogP) is -9.11. The summed E-state index contributed by atoms with van der Waals surface area (Å²) < 4.78 is 0. The van der Waals surface area contributed by atoms with Crippen molar-refractivity contribution in [1.29, 1.82) is 0 Å². The summed E-state index contributed by atoms with van der Waals surface area (Å²) in [5.41, 5.74) is 0. The fraction of sp³-hybridized carbons (Fsp3) is 0.500. The van der Waals surface area contributed by atoms with Crippen molar-refractivity contribution in [3.63, 3.8) is 0 Å². The number of rotatable bonds is 0. The van der Waals surface area contributed by atoms with Crippen LogP contribution in [-0.4, -0.2) is 46.8 Å².